The summed E-state index contributed by atoms with van der Waals surface area (Å²) in [5.74, 6) is 0.740. The maximum absolute atomic E-state index is 12.1. The number of fused-ring (bicyclic) bond motifs is 1. The Balaban J connectivity index is 2.10. The number of hydrogen-bond donors (Lipinski definition) is 0. The highest BCUT2D eigenvalue weighted by Crippen LogP contribution is 2.32. The summed E-state index contributed by atoms with van der Waals surface area (Å²) in [7, 11) is 1.65. The largest absolute Gasteiger partial charge is 0.494 e. The fourth-order valence-corrected chi connectivity index (χ4v) is 3.32. The minimum absolute atomic E-state index is 0.0764. The number of benzene rings is 1. The summed E-state index contributed by atoms with van der Waals surface area (Å²) in [5.41, 5.74) is 3.48. The molecule has 3 aromatic rings. The minimum Gasteiger partial charge on any atom is -0.494 e. The van der Waals surface area contributed by atoms with E-state index >= 15 is 0 Å². The number of nitrogens with zero attached hydrogens (tertiary/aromatic N) is 3. The summed E-state index contributed by atoms with van der Waals surface area (Å²) in [6.45, 7) is 2.69. The molecule has 26 heavy (non-hydrogen) atoms. The zero-order chi connectivity index (χ0) is 18.5. The quantitative estimate of drug-likeness (QED) is 0.428. The van der Waals surface area contributed by atoms with E-state index in [1.165, 1.54) is 0 Å². The van der Waals surface area contributed by atoms with Crippen LogP contribution in [0.4, 0.5) is 0 Å². The molecule has 0 unspecified atom stereocenters. The van der Waals surface area contributed by atoms with Crippen molar-refractivity contribution in [1.29, 1.82) is 0 Å². The van der Waals surface area contributed by atoms with Gasteiger partial charge in [0, 0.05) is 34.6 Å². The van der Waals surface area contributed by atoms with Gasteiger partial charge in [0.15, 0.2) is 0 Å². The molecule has 0 saturated heterocycles. The Hall–Kier alpha value is -2.21. The molecule has 2 heterocycles. The SMILES string of the molecule is CCc1ccc2c(-c3ccc(=O)n(CCCCBr)n3)ccc(OC)c2n1. The fraction of sp³-hybridized carbons (Fsp3) is 0.350. The van der Waals surface area contributed by atoms with Gasteiger partial charge in [-0.15, -0.1) is 0 Å². The van der Waals surface area contributed by atoms with E-state index in [9.17, 15) is 4.79 Å². The predicted octanol–water partition coefficient (Wildman–Crippen LogP) is 4.20. The molecular formula is C20H22BrN3O2. The van der Waals surface area contributed by atoms with E-state index in [1.54, 1.807) is 23.9 Å². The molecule has 1 aromatic carbocycles. The molecule has 3 rings (SSSR count). The van der Waals surface area contributed by atoms with Gasteiger partial charge in [-0.1, -0.05) is 28.9 Å². The number of pyridine rings is 1. The van der Waals surface area contributed by atoms with Crippen LogP contribution in [-0.4, -0.2) is 27.2 Å². The first-order valence-electron chi connectivity index (χ1n) is 8.79. The Morgan fingerprint density at radius 1 is 1.12 bits per heavy atom. The first-order valence-corrected chi connectivity index (χ1v) is 9.91. The smallest absolute Gasteiger partial charge is 0.266 e. The number of hydrogen-bond acceptors (Lipinski definition) is 4. The van der Waals surface area contributed by atoms with E-state index < -0.39 is 0 Å². The number of methoxy groups -OCH3 is 1. The number of rotatable bonds is 7. The van der Waals surface area contributed by atoms with E-state index in [0.717, 1.165) is 58.2 Å². The molecule has 0 N–H and O–H groups in total. The third-order valence-corrected chi connectivity index (χ3v) is 4.92. The lowest BCUT2D eigenvalue weighted by atomic mass is 10.0. The van der Waals surface area contributed by atoms with Gasteiger partial charge in [-0.05, 0) is 43.5 Å². The van der Waals surface area contributed by atoms with Gasteiger partial charge in [0.05, 0.1) is 12.8 Å². The Kier molecular flexibility index (Phi) is 6.04. The van der Waals surface area contributed by atoms with Gasteiger partial charge in [0.1, 0.15) is 11.3 Å². The molecule has 0 atom stereocenters. The summed E-state index contributed by atoms with van der Waals surface area (Å²) in [4.78, 5) is 16.8. The van der Waals surface area contributed by atoms with Crippen LogP contribution < -0.4 is 10.3 Å². The van der Waals surface area contributed by atoms with E-state index in [4.69, 9.17) is 9.72 Å². The van der Waals surface area contributed by atoms with Crippen LogP contribution in [0.1, 0.15) is 25.5 Å². The van der Waals surface area contributed by atoms with Crippen molar-refractivity contribution in [3.63, 3.8) is 0 Å². The molecular weight excluding hydrogens is 394 g/mol. The molecule has 5 nitrogen and oxygen atoms in total. The average Bonchev–Trinajstić information content (AvgIpc) is 2.68. The van der Waals surface area contributed by atoms with Crippen LogP contribution in [0.3, 0.4) is 0 Å². The number of aryl methyl sites for hydroxylation is 2. The van der Waals surface area contributed by atoms with Crippen LogP contribution in [0.25, 0.3) is 22.2 Å². The van der Waals surface area contributed by atoms with Gasteiger partial charge in [0.25, 0.3) is 5.56 Å². The second-order valence-electron chi connectivity index (χ2n) is 6.04. The van der Waals surface area contributed by atoms with Crippen molar-refractivity contribution in [2.45, 2.75) is 32.7 Å². The zero-order valence-corrected chi connectivity index (χ0v) is 16.6. The molecule has 0 aliphatic carbocycles. The molecule has 136 valence electrons. The van der Waals surface area contributed by atoms with E-state index in [2.05, 4.69) is 34.0 Å². The van der Waals surface area contributed by atoms with Crippen molar-refractivity contribution in [3.8, 4) is 17.0 Å². The molecule has 0 saturated carbocycles. The third kappa shape index (κ3) is 3.80. The van der Waals surface area contributed by atoms with E-state index in [-0.39, 0.29) is 5.56 Å². The first-order chi connectivity index (χ1) is 12.7. The maximum atomic E-state index is 12.1. The lowest BCUT2D eigenvalue weighted by Crippen LogP contribution is -2.22. The Morgan fingerprint density at radius 2 is 1.96 bits per heavy atom. The minimum atomic E-state index is -0.0764. The average molecular weight is 416 g/mol. The second-order valence-corrected chi connectivity index (χ2v) is 6.84. The molecule has 0 bridgehead atoms. The highest BCUT2D eigenvalue weighted by molar-refractivity contribution is 9.09. The molecule has 6 heteroatoms. The van der Waals surface area contributed by atoms with Crippen molar-refractivity contribution in [3.05, 3.63) is 52.4 Å². The van der Waals surface area contributed by atoms with Crippen LogP contribution in [-0.2, 0) is 13.0 Å². The lowest BCUT2D eigenvalue weighted by Gasteiger charge is -2.12. The molecule has 0 fully saturated rings. The Labute approximate surface area is 161 Å². The summed E-state index contributed by atoms with van der Waals surface area (Å²) in [6.07, 6.45) is 2.78. The number of ether oxygens (including phenoxy) is 1. The highest BCUT2D eigenvalue weighted by Gasteiger charge is 2.12. The van der Waals surface area contributed by atoms with Crippen molar-refractivity contribution in [1.82, 2.24) is 14.8 Å². The van der Waals surface area contributed by atoms with Gasteiger partial charge in [-0.25, -0.2) is 9.67 Å². The normalized spacial score (nSPS) is 11.0. The standard InChI is InChI=1S/C20H22BrN3O2/c1-3-14-6-7-16-15(8-10-18(26-2)20(16)22-14)17-9-11-19(25)24(23-17)13-5-4-12-21/h6-11H,3-5,12-13H2,1-2H3. The molecule has 0 amide bonds. The van der Waals surface area contributed by atoms with Crippen molar-refractivity contribution in [2.24, 2.45) is 0 Å². The number of halogens is 1. The van der Waals surface area contributed by atoms with Gasteiger partial charge >= 0.3 is 0 Å². The summed E-state index contributed by atoms with van der Waals surface area (Å²) >= 11 is 3.42. The first kappa shape index (κ1) is 18.6. The monoisotopic (exact) mass is 415 g/mol. The van der Waals surface area contributed by atoms with Crippen molar-refractivity contribution in [2.75, 3.05) is 12.4 Å². The number of unbranched alkanes of at least 4 members (excludes halogenated alkanes) is 1. The van der Waals surface area contributed by atoms with E-state index in [0.29, 0.717) is 6.54 Å². The Morgan fingerprint density at radius 3 is 2.69 bits per heavy atom. The summed E-state index contributed by atoms with van der Waals surface area (Å²) in [6, 6.07) is 11.3. The Bertz CT molecular complexity index is 969. The molecule has 0 aliphatic heterocycles. The van der Waals surface area contributed by atoms with Gasteiger partial charge in [-0.2, -0.15) is 5.10 Å². The summed E-state index contributed by atoms with van der Waals surface area (Å²) in [5, 5.41) is 6.48. The molecule has 0 aliphatic rings. The van der Waals surface area contributed by atoms with Crippen LogP contribution in [0, 0.1) is 0 Å². The van der Waals surface area contributed by atoms with Crippen LogP contribution >= 0.6 is 15.9 Å². The topological polar surface area (TPSA) is 57.0 Å². The van der Waals surface area contributed by atoms with Crippen molar-refractivity contribution < 1.29 is 4.74 Å². The van der Waals surface area contributed by atoms with E-state index in [1.807, 2.05) is 18.2 Å². The van der Waals surface area contributed by atoms with Gasteiger partial charge < -0.3 is 4.74 Å². The van der Waals surface area contributed by atoms with Crippen molar-refractivity contribution >= 4 is 26.8 Å². The molecule has 2 aromatic heterocycles. The van der Waals surface area contributed by atoms with Crippen LogP contribution in [0.2, 0.25) is 0 Å². The third-order valence-electron chi connectivity index (χ3n) is 4.36. The zero-order valence-electron chi connectivity index (χ0n) is 15.0. The molecule has 0 radical (unpaired) electrons. The predicted molar refractivity (Wildman–Crippen MR) is 108 cm³/mol. The maximum Gasteiger partial charge on any atom is 0.266 e. The van der Waals surface area contributed by atoms with Crippen LogP contribution in [0.5, 0.6) is 5.75 Å². The fourth-order valence-electron chi connectivity index (χ4n) is 2.93. The highest BCUT2D eigenvalue weighted by atomic mass is 79.9. The molecule has 0 spiro atoms. The van der Waals surface area contributed by atoms with Crippen LogP contribution in [0.15, 0.2) is 41.2 Å². The second kappa shape index (κ2) is 8.45. The number of alkyl halides is 1. The lowest BCUT2D eigenvalue weighted by molar-refractivity contribution is 0.419. The number of aromatic nitrogens is 3. The van der Waals surface area contributed by atoms with Gasteiger partial charge in [0.2, 0.25) is 0 Å². The van der Waals surface area contributed by atoms with Gasteiger partial charge in [-0.3, -0.25) is 4.79 Å². The summed E-state index contributed by atoms with van der Waals surface area (Å²) < 4.78 is 7.03.